The first-order valence-corrected chi connectivity index (χ1v) is 12.1. The smallest absolute Gasteiger partial charge is 0.410 e. The Labute approximate surface area is 206 Å². The lowest BCUT2D eigenvalue weighted by Gasteiger charge is -2.33. The van der Waals surface area contributed by atoms with Gasteiger partial charge in [0.1, 0.15) is 5.60 Å². The van der Waals surface area contributed by atoms with E-state index in [4.69, 9.17) is 4.74 Å². The largest absolute Gasteiger partial charge is 0.478 e. The molecule has 2 aliphatic heterocycles. The number of carbonyl (C=O) groups is 4. The molecule has 2 saturated heterocycles. The van der Waals surface area contributed by atoms with Crippen molar-refractivity contribution in [3.05, 3.63) is 42.0 Å². The molecule has 0 bridgehead atoms. The number of allylic oxidation sites excluding steroid dienone is 1. The van der Waals surface area contributed by atoms with Crippen LogP contribution >= 0.6 is 0 Å². The molecule has 1 aromatic carbocycles. The number of piperidine rings is 2. The predicted molar refractivity (Wildman–Crippen MR) is 131 cm³/mol. The van der Waals surface area contributed by atoms with Crippen molar-refractivity contribution >= 4 is 29.6 Å². The summed E-state index contributed by atoms with van der Waals surface area (Å²) >= 11 is 0. The van der Waals surface area contributed by atoms with E-state index in [0.717, 1.165) is 12.8 Å². The quantitative estimate of drug-likeness (QED) is 0.614. The Morgan fingerprint density at radius 1 is 1.03 bits per heavy atom. The lowest BCUT2D eigenvalue weighted by Crippen LogP contribution is -2.43. The number of nitrogens with zero attached hydrogens (tertiary/aromatic N) is 2. The van der Waals surface area contributed by atoms with E-state index in [0.29, 0.717) is 39.0 Å². The first-order chi connectivity index (χ1) is 16.5. The number of nitrogens with one attached hydrogen (secondary N) is 1. The van der Waals surface area contributed by atoms with Gasteiger partial charge in [-0.25, -0.2) is 9.59 Å². The van der Waals surface area contributed by atoms with Crippen LogP contribution in [0.2, 0.25) is 0 Å². The number of rotatable bonds is 5. The number of hydrogen-bond acceptors (Lipinski definition) is 5. The molecule has 1 aromatic rings. The van der Waals surface area contributed by atoms with Gasteiger partial charge in [-0.1, -0.05) is 18.2 Å². The minimum atomic E-state index is -1.11. The molecular weight excluding hydrogens is 450 g/mol. The Morgan fingerprint density at radius 3 is 2.37 bits per heavy atom. The molecule has 190 valence electrons. The van der Waals surface area contributed by atoms with Gasteiger partial charge in [0.25, 0.3) is 0 Å². The summed E-state index contributed by atoms with van der Waals surface area (Å²) in [5.74, 6) is -1.73. The van der Waals surface area contributed by atoms with Crippen LogP contribution < -0.4 is 5.32 Å². The van der Waals surface area contributed by atoms with E-state index >= 15 is 0 Å². The third-order valence-electron chi connectivity index (χ3n) is 6.22. The number of carboxylic acid groups (broad SMARTS) is 1. The number of hydrogen-bond donors (Lipinski definition) is 2. The molecule has 2 aliphatic rings. The van der Waals surface area contributed by atoms with Crippen molar-refractivity contribution in [2.24, 2.45) is 11.8 Å². The zero-order chi connectivity index (χ0) is 25.6. The minimum absolute atomic E-state index is 0.0326. The van der Waals surface area contributed by atoms with E-state index in [-0.39, 0.29) is 35.1 Å². The van der Waals surface area contributed by atoms with Crippen molar-refractivity contribution in [2.75, 3.05) is 31.5 Å². The molecule has 2 N–H and O–H groups in total. The Kier molecular flexibility index (Phi) is 8.53. The van der Waals surface area contributed by atoms with Gasteiger partial charge in [0.05, 0.1) is 17.2 Å². The van der Waals surface area contributed by atoms with Crippen molar-refractivity contribution in [1.29, 1.82) is 0 Å². The molecule has 3 amide bonds. The number of likely N-dealkylation sites (tertiary alicyclic amines) is 2. The summed E-state index contributed by atoms with van der Waals surface area (Å²) in [6, 6.07) is 6.27. The van der Waals surface area contributed by atoms with E-state index < -0.39 is 17.5 Å². The van der Waals surface area contributed by atoms with E-state index in [1.807, 2.05) is 26.8 Å². The van der Waals surface area contributed by atoms with Gasteiger partial charge < -0.3 is 25.0 Å². The number of para-hydroxylation sites is 1. The van der Waals surface area contributed by atoms with Crippen molar-refractivity contribution < 1.29 is 29.0 Å². The molecule has 0 saturated carbocycles. The van der Waals surface area contributed by atoms with Crippen LogP contribution in [0, 0.1) is 11.8 Å². The van der Waals surface area contributed by atoms with Gasteiger partial charge >= 0.3 is 12.1 Å². The van der Waals surface area contributed by atoms with Crippen LogP contribution in [0.4, 0.5) is 10.5 Å². The number of amides is 3. The summed E-state index contributed by atoms with van der Waals surface area (Å²) in [4.78, 5) is 52.5. The Hall–Kier alpha value is -3.36. The molecule has 0 radical (unpaired) electrons. The second-order valence-electron chi connectivity index (χ2n) is 10.1. The molecule has 2 fully saturated rings. The summed E-state index contributed by atoms with van der Waals surface area (Å²) in [7, 11) is 0. The highest BCUT2D eigenvalue weighted by Crippen LogP contribution is 2.23. The predicted octanol–water partition coefficient (Wildman–Crippen LogP) is 3.77. The van der Waals surface area contributed by atoms with Gasteiger partial charge in [0, 0.05) is 26.2 Å². The van der Waals surface area contributed by atoms with Gasteiger partial charge in [-0.3, -0.25) is 9.59 Å². The van der Waals surface area contributed by atoms with E-state index in [2.05, 4.69) is 5.32 Å². The SMILES string of the molecule is CC(C)(C)OC(=O)N1CCC(C=CC(=O)N2CCCC(C(=O)Nc3ccccc3C(=O)O)C2)CC1. The standard InChI is InChI=1S/C26H35N3O6/c1-26(2,3)35-25(34)28-15-12-18(13-16-28)10-11-22(30)29-14-6-7-19(17-29)23(31)27-21-9-5-4-8-20(21)24(32)33/h4-5,8-11,18-19H,6-7,12-17H2,1-3H3,(H,27,31)(H,32,33). The Bertz CT molecular complexity index is 976. The maximum atomic E-state index is 12.8. The molecule has 35 heavy (non-hydrogen) atoms. The molecule has 9 nitrogen and oxygen atoms in total. The zero-order valence-electron chi connectivity index (χ0n) is 20.7. The maximum absolute atomic E-state index is 12.8. The molecule has 3 rings (SSSR count). The van der Waals surface area contributed by atoms with Gasteiger partial charge in [-0.2, -0.15) is 0 Å². The number of benzene rings is 1. The summed E-state index contributed by atoms with van der Waals surface area (Å²) < 4.78 is 5.42. The third kappa shape index (κ3) is 7.56. The van der Waals surface area contributed by atoms with E-state index in [1.54, 1.807) is 34.1 Å². The fourth-order valence-corrected chi connectivity index (χ4v) is 4.33. The van der Waals surface area contributed by atoms with Crippen LogP contribution in [0.1, 0.15) is 56.8 Å². The fourth-order valence-electron chi connectivity index (χ4n) is 4.33. The van der Waals surface area contributed by atoms with Crippen LogP contribution in [-0.2, 0) is 14.3 Å². The molecule has 0 spiro atoms. The first kappa shape index (κ1) is 26.2. The fraction of sp³-hybridized carbons (Fsp3) is 0.538. The van der Waals surface area contributed by atoms with Gasteiger partial charge in [0.2, 0.25) is 11.8 Å². The highest BCUT2D eigenvalue weighted by molar-refractivity contribution is 6.01. The second kappa shape index (κ2) is 11.4. The average molecular weight is 486 g/mol. The van der Waals surface area contributed by atoms with Gasteiger partial charge in [-0.15, -0.1) is 0 Å². The summed E-state index contributed by atoms with van der Waals surface area (Å²) in [6.45, 7) is 7.57. The van der Waals surface area contributed by atoms with Crippen molar-refractivity contribution in [1.82, 2.24) is 9.80 Å². The number of ether oxygens (including phenoxy) is 1. The topological polar surface area (TPSA) is 116 Å². The lowest BCUT2D eigenvalue weighted by atomic mass is 9.95. The second-order valence-corrected chi connectivity index (χ2v) is 10.1. The van der Waals surface area contributed by atoms with Crippen LogP contribution in [0.3, 0.4) is 0 Å². The average Bonchev–Trinajstić information content (AvgIpc) is 2.82. The van der Waals surface area contributed by atoms with Gasteiger partial charge in [-0.05, 0) is 70.6 Å². The van der Waals surface area contributed by atoms with Crippen LogP contribution in [0.15, 0.2) is 36.4 Å². The van der Waals surface area contributed by atoms with Crippen molar-refractivity contribution in [2.45, 2.75) is 52.1 Å². The number of aromatic carboxylic acids is 1. The first-order valence-electron chi connectivity index (χ1n) is 12.1. The number of anilines is 1. The van der Waals surface area contributed by atoms with Gasteiger partial charge in [0.15, 0.2) is 0 Å². The molecule has 9 heteroatoms. The third-order valence-corrected chi connectivity index (χ3v) is 6.22. The maximum Gasteiger partial charge on any atom is 0.410 e. The Morgan fingerprint density at radius 2 is 1.71 bits per heavy atom. The summed E-state index contributed by atoms with van der Waals surface area (Å²) in [6.07, 6.45) is 6.04. The van der Waals surface area contributed by atoms with Crippen molar-refractivity contribution in [3.63, 3.8) is 0 Å². The summed E-state index contributed by atoms with van der Waals surface area (Å²) in [5.41, 5.74) is -0.236. The molecule has 1 unspecified atom stereocenters. The van der Waals surface area contributed by atoms with Crippen molar-refractivity contribution in [3.8, 4) is 0 Å². The number of carbonyl (C=O) groups excluding carboxylic acids is 3. The lowest BCUT2D eigenvalue weighted by molar-refractivity contribution is -0.130. The highest BCUT2D eigenvalue weighted by atomic mass is 16.6. The summed E-state index contributed by atoms with van der Waals surface area (Å²) in [5, 5.41) is 12.0. The van der Waals surface area contributed by atoms with E-state index in [9.17, 15) is 24.3 Å². The molecule has 0 aromatic heterocycles. The van der Waals surface area contributed by atoms with Crippen LogP contribution in [0.25, 0.3) is 0 Å². The molecule has 0 aliphatic carbocycles. The normalized spacial score (nSPS) is 19.5. The van der Waals surface area contributed by atoms with Crippen LogP contribution in [-0.4, -0.2) is 70.6 Å². The van der Waals surface area contributed by atoms with E-state index in [1.165, 1.54) is 6.07 Å². The number of carboxylic acids is 1. The highest BCUT2D eigenvalue weighted by Gasteiger charge is 2.29. The molecule has 1 atom stereocenters. The Balaban J connectivity index is 1.49. The zero-order valence-corrected chi connectivity index (χ0v) is 20.7. The minimum Gasteiger partial charge on any atom is -0.478 e. The molecular formula is C26H35N3O6. The molecule has 2 heterocycles. The monoisotopic (exact) mass is 485 g/mol. The van der Waals surface area contributed by atoms with Crippen LogP contribution in [0.5, 0.6) is 0 Å².